The van der Waals surface area contributed by atoms with E-state index >= 15 is 0 Å². The molecule has 0 unspecified atom stereocenters. The highest BCUT2D eigenvalue weighted by Crippen LogP contribution is 2.18. The fraction of sp³-hybridized carbons (Fsp3) is 0.500. The highest BCUT2D eigenvalue weighted by molar-refractivity contribution is 6.32. The van der Waals surface area contributed by atoms with E-state index in [-0.39, 0.29) is 11.9 Å². The quantitative estimate of drug-likeness (QED) is 0.302. The summed E-state index contributed by atoms with van der Waals surface area (Å²) >= 11 is 5.90. The first-order chi connectivity index (χ1) is 9.17. The Labute approximate surface area is 116 Å². The molecule has 8 nitrogen and oxygen atoms in total. The molecule has 0 atom stereocenters. The Morgan fingerprint density at radius 3 is 3.00 bits per heavy atom. The van der Waals surface area contributed by atoms with E-state index in [0.717, 1.165) is 0 Å². The lowest BCUT2D eigenvalue weighted by Gasteiger charge is -2.08. The lowest BCUT2D eigenvalue weighted by Crippen LogP contribution is -2.28. The Morgan fingerprint density at radius 2 is 2.32 bits per heavy atom. The van der Waals surface area contributed by atoms with Crippen molar-refractivity contribution in [3.8, 4) is 0 Å². The van der Waals surface area contributed by atoms with Crippen LogP contribution in [0.2, 0.25) is 5.02 Å². The second kappa shape index (κ2) is 8.46. The van der Waals surface area contributed by atoms with Crippen LogP contribution < -0.4 is 21.9 Å². The van der Waals surface area contributed by atoms with Gasteiger partial charge in [-0.25, -0.2) is 10.8 Å². The Kier molecular flexibility index (Phi) is 6.86. The molecule has 1 heterocycles. The molecule has 1 amide bonds. The number of nitrogens with two attached hydrogens (primary N) is 1. The van der Waals surface area contributed by atoms with Crippen molar-refractivity contribution < 1.29 is 9.53 Å². The van der Waals surface area contributed by atoms with Crippen molar-refractivity contribution in [2.45, 2.75) is 6.42 Å². The first-order valence-corrected chi connectivity index (χ1v) is 6.04. The minimum atomic E-state index is -0.0769. The molecule has 0 aromatic carbocycles. The maximum atomic E-state index is 11.4. The highest BCUT2D eigenvalue weighted by atomic mass is 35.5. The number of carbonyl (C=O) groups is 1. The molecule has 106 valence electrons. The standard InChI is InChI=1S/C10H17ClN6O2/c1-19-5-4-13-8(18)2-3-14-9-7(11)6-15-10(16-9)17-12/h6H,2-5,12H2,1H3,(H,13,18)(H2,14,15,16,17). The number of nitrogen functional groups attached to an aromatic ring is 1. The van der Waals surface area contributed by atoms with Crippen molar-refractivity contribution in [1.82, 2.24) is 15.3 Å². The van der Waals surface area contributed by atoms with E-state index in [1.165, 1.54) is 6.20 Å². The SMILES string of the molecule is COCCNC(=O)CCNc1nc(NN)ncc1Cl. The summed E-state index contributed by atoms with van der Waals surface area (Å²) in [4.78, 5) is 19.3. The minimum Gasteiger partial charge on any atom is -0.383 e. The number of aromatic nitrogens is 2. The molecule has 1 aromatic rings. The minimum absolute atomic E-state index is 0.0769. The van der Waals surface area contributed by atoms with E-state index in [2.05, 4.69) is 26.0 Å². The van der Waals surface area contributed by atoms with Crippen LogP contribution in [0.1, 0.15) is 6.42 Å². The summed E-state index contributed by atoms with van der Waals surface area (Å²) in [7, 11) is 1.58. The number of rotatable bonds is 8. The van der Waals surface area contributed by atoms with Crippen LogP contribution in [0.15, 0.2) is 6.20 Å². The molecule has 9 heteroatoms. The predicted molar refractivity (Wildman–Crippen MR) is 72.8 cm³/mol. The molecule has 5 N–H and O–H groups in total. The first-order valence-electron chi connectivity index (χ1n) is 5.66. The summed E-state index contributed by atoms with van der Waals surface area (Å²) < 4.78 is 4.82. The third-order valence-corrected chi connectivity index (χ3v) is 2.42. The summed E-state index contributed by atoms with van der Waals surface area (Å²) in [5.41, 5.74) is 2.31. The molecular weight excluding hydrogens is 272 g/mol. The number of methoxy groups -OCH3 is 1. The number of halogens is 1. The monoisotopic (exact) mass is 288 g/mol. The zero-order valence-electron chi connectivity index (χ0n) is 10.6. The number of carbonyl (C=O) groups excluding carboxylic acids is 1. The van der Waals surface area contributed by atoms with E-state index in [1.807, 2.05) is 0 Å². The molecule has 0 aliphatic rings. The molecule has 0 radical (unpaired) electrons. The van der Waals surface area contributed by atoms with Gasteiger partial charge in [0.2, 0.25) is 11.9 Å². The van der Waals surface area contributed by atoms with Gasteiger partial charge in [-0.15, -0.1) is 0 Å². The number of anilines is 2. The molecule has 1 aromatic heterocycles. The topological polar surface area (TPSA) is 114 Å². The third-order valence-electron chi connectivity index (χ3n) is 2.15. The summed E-state index contributed by atoms with van der Waals surface area (Å²) in [6, 6.07) is 0. The van der Waals surface area contributed by atoms with Gasteiger partial charge in [-0.2, -0.15) is 4.98 Å². The molecule has 0 saturated carbocycles. The van der Waals surface area contributed by atoms with Crippen molar-refractivity contribution in [3.63, 3.8) is 0 Å². The molecule has 0 fully saturated rings. The molecule has 0 aliphatic heterocycles. The second-order valence-corrected chi connectivity index (χ2v) is 3.96. The van der Waals surface area contributed by atoms with Gasteiger partial charge in [0.15, 0.2) is 5.82 Å². The van der Waals surface area contributed by atoms with Gasteiger partial charge in [0.25, 0.3) is 0 Å². The zero-order chi connectivity index (χ0) is 14.1. The van der Waals surface area contributed by atoms with Crippen LogP contribution in [0.3, 0.4) is 0 Å². The van der Waals surface area contributed by atoms with Gasteiger partial charge < -0.3 is 15.4 Å². The van der Waals surface area contributed by atoms with Crippen LogP contribution in [-0.2, 0) is 9.53 Å². The normalized spacial score (nSPS) is 10.1. The van der Waals surface area contributed by atoms with E-state index < -0.39 is 0 Å². The maximum Gasteiger partial charge on any atom is 0.239 e. The number of hydrazine groups is 1. The van der Waals surface area contributed by atoms with Gasteiger partial charge in [-0.3, -0.25) is 10.2 Å². The zero-order valence-corrected chi connectivity index (χ0v) is 11.3. The van der Waals surface area contributed by atoms with Crippen molar-refractivity contribution in [2.24, 2.45) is 5.84 Å². The van der Waals surface area contributed by atoms with E-state index in [0.29, 0.717) is 37.0 Å². The van der Waals surface area contributed by atoms with Crippen LogP contribution in [0.5, 0.6) is 0 Å². The van der Waals surface area contributed by atoms with Crippen molar-refractivity contribution >= 4 is 29.3 Å². The Balaban J connectivity index is 2.34. The third kappa shape index (κ3) is 5.69. The van der Waals surface area contributed by atoms with Crippen LogP contribution >= 0.6 is 11.6 Å². The number of amides is 1. The number of ether oxygens (including phenoxy) is 1. The molecule has 1 rings (SSSR count). The number of hydrogen-bond donors (Lipinski definition) is 4. The van der Waals surface area contributed by atoms with E-state index in [9.17, 15) is 4.79 Å². The molecule has 19 heavy (non-hydrogen) atoms. The van der Waals surface area contributed by atoms with Crippen molar-refractivity contribution in [1.29, 1.82) is 0 Å². The van der Waals surface area contributed by atoms with Crippen molar-refractivity contribution in [3.05, 3.63) is 11.2 Å². The number of nitrogens with zero attached hydrogens (tertiary/aromatic N) is 2. The van der Waals surface area contributed by atoms with Crippen molar-refractivity contribution in [2.75, 3.05) is 37.5 Å². The number of nitrogens with one attached hydrogen (secondary N) is 3. The van der Waals surface area contributed by atoms with Gasteiger partial charge >= 0.3 is 0 Å². The van der Waals surface area contributed by atoms with Gasteiger partial charge in [0.1, 0.15) is 5.02 Å². The van der Waals surface area contributed by atoms with Crippen LogP contribution in [0, 0.1) is 0 Å². The molecule has 0 saturated heterocycles. The summed E-state index contributed by atoms with van der Waals surface area (Å²) in [5.74, 6) is 5.79. The highest BCUT2D eigenvalue weighted by Gasteiger charge is 2.05. The van der Waals surface area contributed by atoms with Gasteiger partial charge in [0, 0.05) is 26.6 Å². The average molecular weight is 289 g/mol. The largest absolute Gasteiger partial charge is 0.383 e. The van der Waals surface area contributed by atoms with Crippen LogP contribution in [0.25, 0.3) is 0 Å². The van der Waals surface area contributed by atoms with Crippen LogP contribution in [-0.4, -0.2) is 42.7 Å². The van der Waals surface area contributed by atoms with E-state index in [4.69, 9.17) is 22.2 Å². The first kappa shape index (κ1) is 15.4. The Hall–Kier alpha value is -1.64. The van der Waals surface area contributed by atoms with E-state index in [1.54, 1.807) is 7.11 Å². The van der Waals surface area contributed by atoms with Gasteiger partial charge in [-0.1, -0.05) is 11.6 Å². The summed E-state index contributed by atoms with van der Waals surface area (Å²) in [6.07, 6.45) is 1.72. The summed E-state index contributed by atoms with van der Waals surface area (Å²) in [6.45, 7) is 1.38. The molecule has 0 bridgehead atoms. The Morgan fingerprint density at radius 1 is 1.53 bits per heavy atom. The predicted octanol–water partition coefficient (Wildman–Crippen LogP) is -0.0198. The second-order valence-electron chi connectivity index (χ2n) is 3.55. The molecular formula is C10H17ClN6O2. The lowest BCUT2D eigenvalue weighted by atomic mass is 10.4. The maximum absolute atomic E-state index is 11.4. The smallest absolute Gasteiger partial charge is 0.239 e. The Bertz CT molecular complexity index is 417. The fourth-order valence-corrected chi connectivity index (χ4v) is 1.39. The average Bonchev–Trinajstić information content (AvgIpc) is 2.41. The van der Waals surface area contributed by atoms with Gasteiger partial charge in [-0.05, 0) is 0 Å². The molecule has 0 spiro atoms. The lowest BCUT2D eigenvalue weighted by molar-refractivity contribution is -0.121. The fourth-order valence-electron chi connectivity index (χ4n) is 1.24. The number of hydrogen-bond acceptors (Lipinski definition) is 7. The van der Waals surface area contributed by atoms with Crippen LogP contribution in [0.4, 0.5) is 11.8 Å². The molecule has 0 aliphatic carbocycles. The van der Waals surface area contributed by atoms with Gasteiger partial charge in [0.05, 0.1) is 12.8 Å². The summed E-state index contributed by atoms with van der Waals surface area (Å²) in [5, 5.41) is 6.00.